The Bertz CT molecular complexity index is 714. The van der Waals surface area contributed by atoms with Gasteiger partial charge in [-0.3, -0.25) is 15.0 Å². The van der Waals surface area contributed by atoms with Crippen LogP contribution in [0.1, 0.15) is 29.9 Å². The highest BCUT2D eigenvalue weighted by molar-refractivity contribution is 7.13. The van der Waals surface area contributed by atoms with E-state index in [1.807, 2.05) is 5.38 Å². The van der Waals surface area contributed by atoms with E-state index in [0.717, 1.165) is 25.3 Å². The van der Waals surface area contributed by atoms with Gasteiger partial charge in [0.25, 0.3) is 5.91 Å². The first-order chi connectivity index (χ1) is 11.5. The largest absolute Gasteiger partial charge is 0.373 e. The zero-order chi connectivity index (χ0) is 17.1. The Morgan fingerprint density at radius 2 is 2.21 bits per heavy atom. The van der Waals surface area contributed by atoms with Crippen LogP contribution in [0.5, 0.6) is 0 Å². The second-order valence-electron chi connectivity index (χ2n) is 5.92. The third-order valence-electron chi connectivity index (χ3n) is 3.64. The van der Waals surface area contributed by atoms with Gasteiger partial charge in [-0.2, -0.15) is 0 Å². The number of anilines is 1. The Balaban J connectivity index is 1.60. The zero-order valence-corrected chi connectivity index (χ0v) is 15.1. The minimum absolute atomic E-state index is 0.225. The van der Waals surface area contributed by atoms with Crippen LogP contribution in [0.4, 0.5) is 5.13 Å². The molecule has 1 saturated heterocycles. The van der Waals surface area contributed by atoms with Crippen molar-refractivity contribution in [1.82, 2.24) is 14.9 Å². The lowest BCUT2D eigenvalue weighted by atomic mass is 10.2. The van der Waals surface area contributed by atoms with Crippen LogP contribution >= 0.6 is 22.9 Å². The van der Waals surface area contributed by atoms with Crippen LogP contribution in [-0.2, 0) is 11.3 Å². The summed E-state index contributed by atoms with van der Waals surface area (Å²) in [5.74, 6) is -0.242. The Hall–Kier alpha value is -1.54. The molecule has 0 spiro atoms. The van der Waals surface area contributed by atoms with Crippen LogP contribution in [0.3, 0.4) is 0 Å². The first-order valence-corrected chi connectivity index (χ1v) is 9.00. The SMILES string of the molecule is CC1CN(Cc2csc(NC(=O)c3ccnc(Cl)c3)n2)CC(C)O1. The number of thiazole rings is 1. The van der Waals surface area contributed by atoms with Crippen molar-refractivity contribution in [2.75, 3.05) is 18.4 Å². The van der Waals surface area contributed by atoms with Gasteiger partial charge in [0.15, 0.2) is 5.13 Å². The summed E-state index contributed by atoms with van der Waals surface area (Å²) in [7, 11) is 0. The van der Waals surface area contributed by atoms with E-state index >= 15 is 0 Å². The maximum absolute atomic E-state index is 12.2. The number of hydrogen-bond donors (Lipinski definition) is 1. The van der Waals surface area contributed by atoms with Gasteiger partial charge in [-0.15, -0.1) is 11.3 Å². The minimum atomic E-state index is -0.242. The van der Waals surface area contributed by atoms with Crippen LogP contribution in [0.25, 0.3) is 0 Å². The van der Waals surface area contributed by atoms with Crippen molar-refractivity contribution < 1.29 is 9.53 Å². The molecule has 128 valence electrons. The van der Waals surface area contributed by atoms with E-state index in [4.69, 9.17) is 16.3 Å². The fraction of sp³-hybridized carbons (Fsp3) is 0.438. The Kier molecular flexibility index (Phi) is 5.45. The molecule has 0 bridgehead atoms. The van der Waals surface area contributed by atoms with Crippen molar-refractivity contribution in [2.45, 2.75) is 32.6 Å². The fourth-order valence-electron chi connectivity index (χ4n) is 2.79. The van der Waals surface area contributed by atoms with Gasteiger partial charge in [0.1, 0.15) is 5.15 Å². The molecule has 2 aromatic heterocycles. The van der Waals surface area contributed by atoms with Crippen LogP contribution < -0.4 is 5.32 Å². The third-order valence-corrected chi connectivity index (χ3v) is 4.66. The van der Waals surface area contributed by atoms with Gasteiger partial charge in [0.05, 0.1) is 17.9 Å². The van der Waals surface area contributed by atoms with E-state index in [-0.39, 0.29) is 23.3 Å². The lowest BCUT2D eigenvalue weighted by Crippen LogP contribution is -2.44. The van der Waals surface area contributed by atoms with Crippen molar-refractivity contribution in [3.05, 3.63) is 40.1 Å². The van der Waals surface area contributed by atoms with Crippen LogP contribution in [0.2, 0.25) is 5.15 Å². The summed E-state index contributed by atoms with van der Waals surface area (Å²) in [5.41, 5.74) is 1.41. The molecule has 0 aromatic carbocycles. The molecule has 2 atom stereocenters. The number of carbonyl (C=O) groups excluding carboxylic acids is 1. The second kappa shape index (κ2) is 7.57. The highest BCUT2D eigenvalue weighted by Crippen LogP contribution is 2.20. The predicted octanol–water partition coefficient (Wildman–Crippen LogP) is 3.05. The average molecular weight is 367 g/mol. The maximum Gasteiger partial charge on any atom is 0.257 e. The van der Waals surface area contributed by atoms with Crippen LogP contribution in [0.15, 0.2) is 23.7 Å². The molecule has 2 unspecified atom stereocenters. The van der Waals surface area contributed by atoms with Gasteiger partial charge in [-0.1, -0.05) is 11.6 Å². The van der Waals surface area contributed by atoms with Crippen molar-refractivity contribution in [2.24, 2.45) is 0 Å². The van der Waals surface area contributed by atoms with E-state index in [1.54, 1.807) is 6.07 Å². The van der Waals surface area contributed by atoms with Gasteiger partial charge in [-0.05, 0) is 26.0 Å². The Morgan fingerprint density at radius 1 is 1.46 bits per heavy atom. The molecule has 1 fully saturated rings. The lowest BCUT2D eigenvalue weighted by Gasteiger charge is -2.34. The van der Waals surface area contributed by atoms with Crippen molar-refractivity contribution in [3.63, 3.8) is 0 Å². The molecule has 1 N–H and O–H groups in total. The molecule has 1 aliphatic rings. The number of ether oxygens (including phenoxy) is 1. The van der Waals surface area contributed by atoms with Gasteiger partial charge in [0, 0.05) is 36.8 Å². The number of aromatic nitrogens is 2. The van der Waals surface area contributed by atoms with Gasteiger partial charge in [0.2, 0.25) is 0 Å². The number of hydrogen-bond acceptors (Lipinski definition) is 6. The summed E-state index contributed by atoms with van der Waals surface area (Å²) in [4.78, 5) is 22.9. The number of amides is 1. The van der Waals surface area contributed by atoms with Crippen LogP contribution in [-0.4, -0.2) is 46.1 Å². The number of morpholine rings is 1. The molecule has 24 heavy (non-hydrogen) atoms. The smallest absolute Gasteiger partial charge is 0.257 e. The van der Waals surface area contributed by atoms with E-state index < -0.39 is 0 Å². The molecule has 8 heteroatoms. The molecule has 1 amide bonds. The molecule has 2 aromatic rings. The monoisotopic (exact) mass is 366 g/mol. The lowest BCUT2D eigenvalue weighted by molar-refractivity contribution is -0.0707. The molecule has 1 aliphatic heterocycles. The number of nitrogens with zero attached hydrogens (tertiary/aromatic N) is 3. The van der Waals surface area contributed by atoms with Crippen molar-refractivity contribution >= 4 is 34.0 Å². The first kappa shape index (κ1) is 17.3. The molecular formula is C16H19ClN4O2S. The highest BCUT2D eigenvalue weighted by atomic mass is 35.5. The molecular weight excluding hydrogens is 348 g/mol. The number of rotatable bonds is 4. The summed E-state index contributed by atoms with van der Waals surface area (Å²) < 4.78 is 5.74. The predicted molar refractivity (Wildman–Crippen MR) is 94.6 cm³/mol. The third kappa shape index (κ3) is 4.51. The number of halogens is 1. The van der Waals surface area contributed by atoms with Crippen molar-refractivity contribution in [1.29, 1.82) is 0 Å². The van der Waals surface area contributed by atoms with E-state index in [9.17, 15) is 4.79 Å². The number of carbonyl (C=O) groups is 1. The van der Waals surface area contributed by atoms with Gasteiger partial charge < -0.3 is 4.74 Å². The maximum atomic E-state index is 12.2. The quantitative estimate of drug-likeness (QED) is 0.842. The Labute approximate surface area is 149 Å². The molecule has 0 radical (unpaired) electrons. The van der Waals surface area contributed by atoms with Crippen molar-refractivity contribution in [3.8, 4) is 0 Å². The molecule has 0 saturated carbocycles. The summed E-state index contributed by atoms with van der Waals surface area (Å²) in [5, 5.41) is 5.64. The molecule has 0 aliphatic carbocycles. The molecule has 3 rings (SSSR count). The van der Waals surface area contributed by atoms with E-state index in [0.29, 0.717) is 10.7 Å². The topological polar surface area (TPSA) is 67.4 Å². The summed E-state index contributed by atoms with van der Waals surface area (Å²) in [6.45, 7) is 6.69. The summed E-state index contributed by atoms with van der Waals surface area (Å²) >= 11 is 7.23. The van der Waals surface area contributed by atoms with Gasteiger partial charge in [-0.25, -0.2) is 9.97 Å². The van der Waals surface area contributed by atoms with Crippen LogP contribution in [0, 0.1) is 0 Å². The van der Waals surface area contributed by atoms with Gasteiger partial charge >= 0.3 is 0 Å². The molecule has 3 heterocycles. The van der Waals surface area contributed by atoms with E-state index in [1.165, 1.54) is 23.6 Å². The summed E-state index contributed by atoms with van der Waals surface area (Å²) in [6.07, 6.45) is 1.96. The average Bonchev–Trinajstić information content (AvgIpc) is 2.93. The standard InChI is InChI=1S/C16H19ClN4O2S/c1-10-6-21(7-11(2)23-10)8-13-9-24-16(19-13)20-15(22)12-3-4-18-14(17)5-12/h3-5,9-11H,6-8H2,1-2H3,(H,19,20,22). The minimum Gasteiger partial charge on any atom is -0.373 e. The first-order valence-electron chi connectivity index (χ1n) is 7.74. The number of pyridine rings is 1. The fourth-order valence-corrected chi connectivity index (χ4v) is 3.66. The summed E-state index contributed by atoms with van der Waals surface area (Å²) in [6, 6.07) is 3.15. The molecule has 6 nitrogen and oxygen atoms in total. The Morgan fingerprint density at radius 3 is 2.92 bits per heavy atom. The second-order valence-corrected chi connectivity index (χ2v) is 7.16. The normalized spacial score (nSPS) is 21.6. The number of nitrogens with one attached hydrogen (secondary N) is 1. The zero-order valence-electron chi connectivity index (χ0n) is 13.5. The highest BCUT2D eigenvalue weighted by Gasteiger charge is 2.22. The van der Waals surface area contributed by atoms with E-state index in [2.05, 4.69) is 34.0 Å².